The highest BCUT2D eigenvalue weighted by molar-refractivity contribution is 5.04. The molecule has 0 saturated heterocycles. The minimum absolute atomic E-state index is 0.167. The third-order valence-electron chi connectivity index (χ3n) is 2.86. The van der Waals surface area contributed by atoms with Crippen LogP contribution in [0.1, 0.15) is 12.8 Å². The Morgan fingerprint density at radius 3 is 1.40 bits per heavy atom. The Morgan fingerprint density at radius 2 is 1.20 bits per heavy atom. The lowest BCUT2D eigenvalue weighted by atomic mass is 9.69. The smallest absolute Gasteiger partial charge is 0.0838 e. The van der Waals surface area contributed by atoms with Gasteiger partial charge in [-0.3, -0.25) is 0 Å². The van der Waals surface area contributed by atoms with Crippen LogP contribution < -0.4 is 0 Å². The lowest BCUT2D eigenvalue weighted by Gasteiger charge is -2.43. The van der Waals surface area contributed by atoms with Crippen LogP contribution in [0.15, 0.2) is 25.3 Å². The Balaban J connectivity index is 5.13. The number of hydrogen-bond acceptors (Lipinski definition) is 4. The van der Waals surface area contributed by atoms with Crippen LogP contribution in [0.2, 0.25) is 0 Å². The van der Waals surface area contributed by atoms with Crippen molar-refractivity contribution in [3.05, 3.63) is 25.3 Å². The summed E-state index contributed by atoms with van der Waals surface area (Å²) in [4.78, 5) is 0. The third kappa shape index (κ3) is 2.66. The summed E-state index contributed by atoms with van der Waals surface area (Å²) in [6.45, 7) is 5.50. The number of aliphatic hydroxyl groups is 4. The van der Waals surface area contributed by atoms with Gasteiger partial charge in [-0.1, -0.05) is 12.2 Å². The minimum atomic E-state index is -1.42. The van der Waals surface area contributed by atoms with Gasteiger partial charge >= 0.3 is 0 Å². The van der Waals surface area contributed by atoms with Gasteiger partial charge < -0.3 is 20.4 Å². The van der Waals surface area contributed by atoms with Gasteiger partial charge in [0.1, 0.15) is 0 Å². The fraction of sp³-hybridized carbons (Fsp3) is 0.636. The third-order valence-corrected chi connectivity index (χ3v) is 2.86. The first-order valence-electron chi connectivity index (χ1n) is 4.82. The number of hydrogen-bond donors (Lipinski definition) is 4. The van der Waals surface area contributed by atoms with E-state index in [1.807, 2.05) is 0 Å². The SMILES string of the molecule is C=CCC(O)(CC=C)C(CO)(CO)CO. The second-order valence-corrected chi connectivity index (χ2v) is 3.77. The molecule has 0 aliphatic heterocycles. The van der Waals surface area contributed by atoms with Gasteiger partial charge in [-0.2, -0.15) is 0 Å². The molecular weight excluding hydrogens is 196 g/mol. The molecule has 4 heteroatoms. The van der Waals surface area contributed by atoms with Crippen molar-refractivity contribution in [2.45, 2.75) is 18.4 Å². The van der Waals surface area contributed by atoms with Crippen molar-refractivity contribution in [2.24, 2.45) is 5.41 Å². The van der Waals surface area contributed by atoms with Crippen LogP contribution in [0.3, 0.4) is 0 Å². The summed E-state index contributed by atoms with van der Waals surface area (Å²) >= 11 is 0. The van der Waals surface area contributed by atoms with Gasteiger partial charge in [0, 0.05) is 0 Å². The molecule has 0 rings (SSSR count). The van der Waals surface area contributed by atoms with Crippen LogP contribution in [0.4, 0.5) is 0 Å². The van der Waals surface area contributed by atoms with Crippen molar-refractivity contribution in [3.8, 4) is 0 Å². The first-order valence-corrected chi connectivity index (χ1v) is 4.82. The normalized spacial score (nSPS) is 12.5. The Bertz CT molecular complexity index is 190. The molecule has 0 bridgehead atoms. The van der Waals surface area contributed by atoms with E-state index in [0.29, 0.717) is 0 Å². The van der Waals surface area contributed by atoms with Gasteiger partial charge in [0.15, 0.2) is 0 Å². The molecule has 0 aliphatic rings. The summed E-state index contributed by atoms with van der Waals surface area (Å²) in [7, 11) is 0. The first kappa shape index (κ1) is 14.3. The molecule has 0 aromatic rings. The van der Waals surface area contributed by atoms with E-state index < -0.39 is 30.8 Å². The van der Waals surface area contributed by atoms with E-state index in [1.54, 1.807) is 0 Å². The molecule has 0 spiro atoms. The van der Waals surface area contributed by atoms with E-state index in [-0.39, 0.29) is 12.8 Å². The Labute approximate surface area is 90.2 Å². The van der Waals surface area contributed by atoms with Crippen molar-refractivity contribution >= 4 is 0 Å². The van der Waals surface area contributed by atoms with Gasteiger partial charge in [-0.05, 0) is 12.8 Å². The van der Waals surface area contributed by atoms with Crippen LogP contribution in [-0.4, -0.2) is 45.8 Å². The standard InChI is InChI=1S/C11H20O4/c1-3-5-11(15,6-4-2)10(7-12,8-13)9-14/h3-4,12-15H,1-2,5-9H2. The molecule has 0 heterocycles. The summed E-state index contributed by atoms with van der Waals surface area (Å²) in [5.41, 5.74) is -2.76. The number of rotatable bonds is 8. The maximum atomic E-state index is 10.3. The maximum absolute atomic E-state index is 10.3. The summed E-state index contributed by atoms with van der Waals surface area (Å²) < 4.78 is 0. The maximum Gasteiger partial charge on any atom is 0.0838 e. The second kappa shape index (κ2) is 6.02. The van der Waals surface area contributed by atoms with E-state index >= 15 is 0 Å². The highest BCUT2D eigenvalue weighted by atomic mass is 16.3. The van der Waals surface area contributed by atoms with Crippen LogP contribution in [0.25, 0.3) is 0 Å². The molecule has 0 unspecified atom stereocenters. The summed E-state index contributed by atoms with van der Waals surface area (Å²) in [6, 6.07) is 0. The Kier molecular flexibility index (Phi) is 5.75. The highest BCUT2D eigenvalue weighted by Gasteiger charge is 2.47. The molecule has 0 fully saturated rings. The molecule has 4 N–H and O–H groups in total. The zero-order valence-corrected chi connectivity index (χ0v) is 8.89. The van der Waals surface area contributed by atoms with Crippen molar-refractivity contribution in [1.82, 2.24) is 0 Å². The van der Waals surface area contributed by atoms with E-state index in [2.05, 4.69) is 13.2 Å². The zero-order valence-electron chi connectivity index (χ0n) is 8.89. The van der Waals surface area contributed by atoms with Crippen LogP contribution in [0, 0.1) is 5.41 Å². The monoisotopic (exact) mass is 216 g/mol. The van der Waals surface area contributed by atoms with Crippen molar-refractivity contribution in [3.63, 3.8) is 0 Å². The molecule has 0 saturated carbocycles. The van der Waals surface area contributed by atoms with Crippen LogP contribution in [0.5, 0.6) is 0 Å². The van der Waals surface area contributed by atoms with Gasteiger partial charge in [0.05, 0.1) is 30.8 Å². The predicted octanol–water partition coefficient (Wildman–Crippen LogP) is -0.167. The Hall–Kier alpha value is -0.680. The zero-order chi connectivity index (χ0) is 11.9. The molecule has 15 heavy (non-hydrogen) atoms. The van der Waals surface area contributed by atoms with Crippen LogP contribution >= 0.6 is 0 Å². The molecule has 0 amide bonds. The molecule has 88 valence electrons. The molecule has 0 aromatic carbocycles. The van der Waals surface area contributed by atoms with Crippen LogP contribution in [-0.2, 0) is 0 Å². The molecule has 0 radical (unpaired) electrons. The average molecular weight is 216 g/mol. The van der Waals surface area contributed by atoms with Gasteiger partial charge in [-0.15, -0.1) is 13.2 Å². The quantitative estimate of drug-likeness (QED) is 0.425. The van der Waals surface area contributed by atoms with Crippen molar-refractivity contribution < 1.29 is 20.4 Å². The average Bonchev–Trinajstić information content (AvgIpc) is 2.21. The molecular formula is C11H20O4. The van der Waals surface area contributed by atoms with E-state index in [4.69, 9.17) is 0 Å². The largest absolute Gasteiger partial charge is 0.395 e. The summed E-state index contributed by atoms with van der Waals surface area (Å²) in [6.07, 6.45) is 3.31. The lowest BCUT2D eigenvalue weighted by Crippen LogP contribution is -2.55. The minimum Gasteiger partial charge on any atom is -0.395 e. The topological polar surface area (TPSA) is 80.9 Å². The fourth-order valence-corrected chi connectivity index (χ4v) is 1.59. The van der Waals surface area contributed by atoms with E-state index in [9.17, 15) is 20.4 Å². The Morgan fingerprint density at radius 1 is 0.867 bits per heavy atom. The second-order valence-electron chi connectivity index (χ2n) is 3.77. The van der Waals surface area contributed by atoms with Crippen molar-refractivity contribution in [2.75, 3.05) is 19.8 Å². The molecule has 0 aliphatic carbocycles. The number of aliphatic hydroxyl groups excluding tert-OH is 3. The summed E-state index contributed by atoms with van der Waals surface area (Å²) in [5, 5.41) is 37.9. The van der Waals surface area contributed by atoms with E-state index in [0.717, 1.165) is 0 Å². The molecule has 4 nitrogen and oxygen atoms in total. The van der Waals surface area contributed by atoms with Gasteiger partial charge in [-0.25, -0.2) is 0 Å². The van der Waals surface area contributed by atoms with Gasteiger partial charge in [0.2, 0.25) is 0 Å². The lowest BCUT2D eigenvalue weighted by molar-refractivity contribution is -0.150. The summed E-state index contributed by atoms with van der Waals surface area (Å²) in [5.74, 6) is 0. The van der Waals surface area contributed by atoms with E-state index in [1.165, 1.54) is 12.2 Å². The first-order chi connectivity index (χ1) is 7.05. The fourth-order valence-electron chi connectivity index (χ4n) is 1.59. The molecule has 0 atom stereocenters. The molecule has 0 aromatic heterocycles. The van der Waals surface area contributed by atoms with Gasteiger partial charge in [0.25, 0.3) is 0 Å². The van der Waals surface area contributed by atoms with Crippen molar-refractivity contribution in [1.29, 1.82) is 0 Å². The predicted molar refractivity (Wildman–Crippen MR) is 58.3 cm³/mol. The highest BCUT2D eigenvalue weighted by Crippen LogP contribution is 2.37.